The molecule has 1 amide bonds. The van der Waals surface area contributed by atoms with Gasteiger partial charge in [-0.15, -0.1) is 5.10 Å². The molecule has 7 nitrogen and oxygen atoms in total. The van der Waals surface area contributed by atoms with Gasteiger partial charge in [0.2, 0.25) is 5.91 Å². The van der Waals surface area contributed by atoms with Crippen molar-refractivity contribution >= 4 is 17.4 Å². The van der Waals surface area contributed by atoms with Crippen LogP contribution in [0.3, 0.4) is 0 Å². The monoisotopic (exact) mass is 380 g/mol. The van der Waals surface area contributed by atoms with Crippen LogP contribution in [0.4, 0.5) is 11.5 Å². The summed E-state index contributed by atoms with van der Waals surface area (Å²) in [5.41, 5.74) is 2.17. The van der Waals surface area contributed by atoms with Gasteiger partial charge in [0, 0.05) is 58.0 Å². The Labute approximate surface area is 166 Å². The van der Waals surface area contributed by atoms with E-state index >= 15 is 0 Å². The van der Waals surface area contributed by atoms with Crippen LogP contribution in [0.15, 0.2) is 42.5 Å². The number of aromatic nitrogens is 2. The highest BCUT2D eigenvalue weighted by Crippen LogP contribution is 2.16. The Balaban J connectivity index is 1.22. The van der Waals surface area contributed by atoms with E-state index in [2.05, 4.69) is 49.2 Å². The molecular formula is C21H28N6O. The highest BCUT2D eigenvalue weighted by atomic mass is 16.2. The predicted molar refractivity (Wildman–Crippen MR) is 111 cm³/mol. The van der Waals surface area contributed by atoms with Crippen molar-refractivity contribution < 1.29 is 4.79 Å². The molecule has 3 heterocycles. The zero-order valence-corrected chi connectivity index (χ0v) is 16.5. The molecule has 0 spiro atoms. The Bertz CT molecular complexity index is 765. The summed E-state index contributed by atoms with van der Waals surface area (Å²) in [6, 6.07) is 14.4. The predicted octanol–water partition coefficient (Wildman–Crippen LogP) is 1.26. The van der Waals surface area contributed by atoms with Crippen molar-refractivity contribution in [2.45, 2.75) is 6.92 Å². The molecule has 0 unspecified atom stereocenters. The van der Waals surface area contributed by atoms with Gasteiger partial charge in [0.25, 0.3) is 0 Å². The summed E-state index contributed by atoms with van der Waals surface area (Å²) >= 11 is 0. The maximum absolute atomic E-state index is 12.7. The van der Waals surface area contributed by atoms with Gasteiger partial charge in [0.05, 0.1) is 12.2 Å². The fraction of sp³-hybridized carbons (Fsp3) is 0.476. The third-order valence-electron chi connectivity index (χ3n) is 5.59. The number of amides is 1. The molecule has 4 rings (SSSR count). The van der Waals surface area contributed by atoms with Crippen molar-refractivity contribution in [3.8, 4) is 0 Å². The van der Waals surface area contributed by atoms with Crippen molar-refractivity contribution in [1.29, 1.82) is 0 Å². The molecule has 0 aliphatic carbocycles. The normalized spacial score (nSPS) is 18.4. The van der Waals surface area contributed by atoms with Crippen molar-refractivity contribution in [2.24, 2.45) is 0 Å². The summed E-state index contributed by atoms with van der Waals surface area (Å²) in [6.07, 6.45) is 0. The van der Waals surface area contributed by atoms with Gasteiger partial charge in [-0.3, -0.25) is 9.69 Å². The lowest BCUT2D eigenvalue weighted by Gasteiger charge is -2.38. The van der Waals surface area contributed by atoms with E-state index in [1.165, 1.54) is 5.69 Å². The first-order chi connectivity index (χ1) is 13.7. The molecule has 148 valence electrons. The second-order valence-electron chi connectivity index (χ2n) is 7.50. The number of carbonyl (C=O) groups is 1. The summed E-state index contributed by atoms with van der Waals surface area (Å²) in [4.78, 5) is 21.6. The molecule has 1 aromatic heterocycles. The number of carbonyl (C=O) groups excluding carboxylic acids is 1. The molecule has 7 heteroatoms. The van der Waals surface area contributed by atoms with Crippen molar-refractivity contribution in [1.82, 2.24) is 20.0 Å². The highest BCUT2D eigenvalue weighted by Gasteiger charge is 2.25. The first-order valence-electron chi connectivity index (χ1n) is 10.0. The number of benzene rings is 1. The third-order valence-corrected chi connectivity index (χ3v) is 5.59. The zero-order chi connectivity index (χ0) is 19.3. The Hall–Kier alpha value is -2.67. The number of rotatable bonds is 4. The van der Waals surface area contributed by atoms with Gasteiger partial charge in [-0.2, -0.15) is 5.10 Å². The van der Waals surface area contributed by atoms with Gasteiger partial charge >= 0.3 is 0 Å². The number of hydrogen-bond acceptors (Lipinski definition) is 6. The number of para-hydroxylation sites is 1. The molecule has 0 radical (unpaired) electrons. The van der Waals surface area contributed by atoms with E-state index in [1.54, 1.807) is 0 Å². The molecule has 2 fully saturated rings. The fourth-order valence-corrected chi connectivity index (χ4v) is 3.84. The first kappa shape index (κ1) is 18.7. The SMILES string of the molecule is Cc1ccc(N2CCN(CC(=O)N3CCN(c4ccccc4)CC3)CC2)nn1. The van der Waals surface area contributed by atoms with E-state index in [1.807, 2.05) is 30.0 Å². The van der Waals surface area contributed by atoms with Gasteiger partial charge in [-0.1, -0.05) is 18.2 Å². The van der Waals surface area contributed by atoms with Gasteiger partial charge in [-0.25, -0.2) is 0 Å². The summed E-state index contributed by atoms with van der Waals surface area (Å²) in [6.45, 7) is 9.37. The fourth-order valence-electron chi connectivity index (χ4n) is 3.84. The highest BCUT2D eigenvalue weighted by molar-refractivity contribution is 5.78. The summed E-state index contributed by atoms with van der Waals surface area (Å²) in [5, 5.41) is 8.41. The minimum Gasteiger partial charge on any atom is -0.368 e. The van der Waals surface area contributed by atoms with Crippen molar-refractivity contribution in [3.63, 3.8) is 0 Å². The minimum absolute atomic E-state index is 0.247. The molecule has 0 saturated carbocycles. The quantitative estimate of drug-likeness (QED) is 0.796. The molecule has 0 bridgehead atoms. The number of hydrogen-bond donors (Lipinski definition) is 0. The first-order valence-corrected chi connectivity index (χ1v) is 10.0. The van der Waals surface area contributed by atoms with E-state index in [0.717, 1.165) is 63.9 Å². The molecule has 2 aliphatic rings. The zero-order valence-electron chi connectivity index (χ0n) is 16.5. The Morgan fingerprint density at radius 1 is 0.821 bits per heavy atom. The Morgan fingerprint density at radius 2 is 1.50 bits per heavy atom. The van der Waals surface area contributed by atoms with Crippen LogP contribution in [0.2, 0.25) is 0 Å². The molecule has 0 N–H and O–H groups in total. The Morgan fingerprint density at radius 3 is 2.14 bits per heavy atom. The summed E-state index contributed by atoms with van der Waals surface area (Å²) < 4.78 is 0. The van der Waals surface area contributed by atoms with Crippen molar-refractivity contribution in [3.05, 3.63) is 48.2 Å². The van der Waals surface area contributed by atoms with Crippen molar-refractivity contribution in [2.75, 3.05) is 68.7 Å². The van der Waals surface area contributed by atoms with E-state index in [9.17, 15) is 4.79 Å². The molecule has 28 heavy (non-hydrogen) atoms. The maximum atomic E-state index is 12.7. The van der Waals surface area contributed by atoms with E-state index in [0.29, 0.717) is 6.54 Å². The van der Waals surface area contributed by atoms with Crippen LogP contribution >= 0.6 is 0 Å². The van der Waals surface area contributed by atoms with Crippen LogP contribution < -0.4 is 9.80 Å². The average Bonchev–Trinajstić information content (AvgIpc) is 2.76. The molecule has 0 atom stereocenters. The number of aryl methyl sites for hydroxylation is 1. The lowest BCUT2D eigenvalue weighted by molar-refractivity contribution is -0.132. The smallest absolute Gasteiger partial charge is 0.236 e. The van der Waals surface area contributed by atoms with E-state index in [4.69, 9.17) is 0 Å². The topological polar surface area (TPSA) is 55.8 Å². The second kappa shape index (κ2) is 8.56. The largest absolute Gasteiger partial charge is 0.368 e. The van der Waals surface area contributed by atoms with Crippen LogP contribution in [-0.4, -0.2) is 84.8 Å². The Kier molecular flexibility index (Phi) is 5.71. The van der Waals surface area contributed by atoms with E-state index in [-0.39, 0.29) is 5.91 Å². The van der Waals surface area contributed by atoms with Crippen LogP contribution in [-0.2, 0) is 4.79 Å². The summed E-state index contributed by atoms with van der Waals surface area (Å²) in [5.74, 6) is 1.17. The van der Waals surface area contributed by atoms with Gasteiger partial charge in [0.1, 0.15) is 0 Å². The van der Waals surface area contributed by atoms with Crippen LogP contribution in [0, 0.1) is 6.92 Å². The number of anilines is 2. The number of nitrogens with zero attached hydrogens (tertiary/aromatic N) is 6. The standard InChI is InChI=1S/C21H28N6O/c1-18-7-8-20(23-22-18)26-11-9-24(10-12-26)17-21(28)27-15-13-25(14-16-27)19-5-3-2-4-6-19/h2-8H,9-17H2,1H3. The molecular weight excluding hydrogens is 352 g/mol. The lowest BCUT2D eigenvalue weighted by Crippen LogP contribution is -2.54. The number of piperazine rings is 2. The lowest BCUT2D eigenvalue weighted by atomic mass is 10.2. The van der Waals surface area contributed by atoms with Gasteiger partial charge in [0.15, 0.2) is 5.82 Å². The molecule has 2 aliphatic heterocycles. The second-order valence-corrected chi connectivity index (χ2v) is 7.50. The van der Waals surface area contributed by atoms with Crippen LogP contribution in [0.5, 0.6) is 0 Å². The maximum Gasteiger partial charge on any atom is 0.236 e. The minimum atomic E-state index is 0.247. The van der Waals surface area contributed by atoms with Crippen LogP contribution in [0.25, 0.3) is 0 Å². The van der Waals surface area contributed by atoms with Gasteiger partial charge in [-0.05, 0) is 31.2 Å². The van der Waals surface area contributed by atoms with E-state index < -0.39 is 0 Å². The van der Waals surface area contributed by atoms with Crippen LogP contribution in [0.1, 0.15) is 5.69 Å². The molecule has 2 aromatic rings. The molecule has 1 aromatic carbocycles. The average molecular weight is 380 g/mol. The molecule has 2 saturated heterocycles. The third kappa shape index (κ3) is 4.42. The summed E-state index contributed by atoms with van der Waals surface area (Å²) in [7, 11) is 0. The van der Waals surface area contributed by atoms with Gasteiger partial charge < -0.3 is 14.7 Å².